The van der Waals surface area contributed by atoms with E-state index in [9.17, 15) is 0 Å². The van der Waals surface area contributed by atoms with Crippen LogP contribution in [-0.4, -0.2) is 17.0 Å². The van der Waals surface area contributed by atoms with Crippen molar-refractivity contribution in [2.75, 3.05) is 12.4 Å². The molecule has 2 aromatic rings. The van der Waals surface area contributed by atoms with E-state index in [-0.39, 0.29) is 0 Å². The lowest BCUT2D eigenvalue weighted by molar-refractivity contribution is 0.912. The van der Waals surface area contributed by atoms with Crippen molar-refractivity contribution < 1.29 is 0 Å². The molecule has 1 aliphatic carbocycles. The number of aryl methyl sites for hydroxylation is 2. The van der Waals surface area contributed by atoms with Gasteiger partial charge in [-0.05, 0) is 36.0 Å². The van der Waals surface area contributed by atoms with Gasteiger partial charge in [0.2, 0.25) is 5.95 Å². The summed E-state index contributed by atoms with van der Waals surface area (Å²) in [7, 11) is 1.82. The van der Waals surface area contributed by atoms with Crippen LogP contribution in [0.15, 0.2) is 30.6 Å². The number of fused-ring (bicyclic) bond motifs is 1. The molecule has 17 heavy (non-hydrogen) atoms. The molecule has 3 nitrogen and oxygen atoms in total. The van der Waals surface area contributed by atoms with Crippen molar-refractivity contribution in [2.45, 2.75) is 19.3 Å². The summed E-state index contributed by atoms with van der Waals surface area (Å²) < 4.78 is 0. The SMILES string of the molecule is CNc1ncc(-c2ccc3c(c2)CCC3)cn1. The fraction of sp³-hybridized carbons (Fsp3) is 0.286. The maximum Gasteiger partial charge on any atom is 0.222 e. The molecule has 0 radical (unpaired) electrons. The van der Waals surface area contributed by atoms with Gasteiger partial charge < -0.3 is 5.32 Å². The Kier molecular flexibility index (Phi) is 2.52. The van der Waals surface area contributed by atoms with E-state index in [1.54, 1.807) is 0 Å². The van der Waals surface area contributed by atoms with E-state index in [1.807, 2.05) is 19.4 Å². The second kappa shape index (κ2) is 4.17. The largest absolute Gasteiger partial charge is 0.357 e. The molecule has 1 aromatic carbocycles. The highest BCUT2D eigenvalue weighted by molar-refractivity contribution is 5.64. The van der Waals surface area contributed by atoms with E-state index in [1.165, 1.54) is 36.0 Å². The predicted octanol–water partition coefficient (Wildman–Crippen LogP) is 2.67. The minimum absolute atomic E-state index is 0.662. The Bertz CT molecular complexity index is 532. The molecular weight excluding hydrogens is 210 g/mol. The van der Waals surface area contributed by atoms with Crippen molar-refractivity contribution in [3.05, 3.63) is 41.7 Å². The Hall–Kier alpha value is -1.90. The zero-order valence-corrected chi connectivity index (χ0v) is 9.90. The first-order valence-electron chi connectivity index (χ1n) is 5.99. The minimum Gasteiger partial charge on any atom is -0.357 e. The normalized spacial score (nSPS) is 13.5. The maximum absolute atomic E-state index is 4.24. The van der Waals surface area contributed by atoms with Gasteiger partial charge in [0.1, 0.15) is 0 Å². The number of hydrogen-bond donors (Lipinski definition) is 1. The Morgan fingerprint density at radius 2 is 1.76 bits per heavy atom. The highest BCUT2D eigenvalue weighted by Gasteiger charge is 2.11. The van der Waals surface area contributed by atoms with Gasteiger partial charge in [0.25, 0.3) is 0 Å². The quantitative estimate of drug-likeness (QED) is 0.853. The van der Waals surface area contributed by atoms with Crippen molar-refractivity contribution in [1.29, 1.82) is 0 Å². The van der Waals surface area contributed by atoms with Crippen molar-refractivity contribution >= 4 is 5.95 Å². The Morgan fingerprint density at radius 1 is 1.00 bits per heavy atom. The van der Waals surface area contributed by atoms with Crippen LogP contribution in [0.4, 0.5) is 5.95 Å². The zero-order valence-electron chi connectivity index (χ0n) is 9.90. The first-order chi connectivity index (χ1) is 8.36. The van der Waals surface area contributed by atoms with Crippen molar-refractivity contribution in [1.82, 2.24) is 9.97 Å². The first-order valence-corrected chi connectivity index (χ1v) is 5.99. The molecule has 1 heterocycles. The molecule has 0 fully saturated rings. The van der Waals surface area contributed by atoms with Gasteiger partial charge >= 0.3 is 0 Å². The number of anilines is 1. The topological polar surface area (TPSA) is 37.8 Å². The zero-order chi connectivity index (χ0) is 11.7. The molecule has 0 unspecified atom stereocenters. The van der Waals surface area contributed by atoms with Crippen LogP contribution < -0.4 is 5.32 Å². The molecule has 3 rings (SSSR count). The van der Waals surface area contributed by atoms with Crippen LogP contribution in [0.1, 0.15) is 17.5 Å². The minimum atomic E-state index is 0.662. The third-order valence-electron chi connectivity index (χ3n) is 3.31. The number of rotatable bonds is 2. The van der Waals surface area contributed by atoms with Crippen LogP contribution in [-0.2, 0) is 12.8 Å². The lowest BCUT2D eigenvalue weighted by atomic mass is 10.0. The summed E-state index contributed by atoms with van der Waals surface area (Å²) in [6.45, 7) is 0. The van der Waals surface area contributed by atoms with Gasteiger partial charge in [-0.2, -0.15) is 0 Å². The van der Waals surface area contributed by atoms with Crippen molar-refractivity contribution in [3.8, 4) is 11.1 Å². The van der Waals surface area contributed by atoms with Gasteiger partial charge in [-0.25, -0.2) is 9.97 Å². The van der Waals surface area contributed by atoms with E-state index >= 15 is 0 Å². The van der Waals surface area contributed by atoms with Gasteiger partial charge in [0.15, 0.2) is 0 Å². The molecule has 0 saturated heterocycles. The second-order valence-electron chi connectivity index (χ2n) is 4.38. The van der Waals surface area contributed by atoms with E-state index in [0.29, 0.717) is 5.95 Å². The smallest absolute Gasteiger partial charge is 0.222 e. The monoisotopic (exact) mass is 225 g/mol. The second-order valence-corrected chi connectivity index (χ2v) is 4.38. The van der Waals surface area contributed by atoms with E-state index in [4.69, 9.17) is 0 Å². The maximum atomic E-state index is 4.24. The molecule has 0 saturated carbocycles. The number of hydrogen-bond acceptors (Lipinski definition) is 3. The van der Waals surface area contributed by atoms with Gasteiger partial charge in [0, 0.05) is 25.0 Å². The molecule has 1 N–H and O–H groups in total. The van der Waals surface area contributed by atoms with Gasteiger partial charge in [-0.3, -0.25) is 0 Å². The summed E-state index contributed by atoms with van der Waals surface area (Å²) in [5.74, 6) is 0.662. The third kappa shape index (κ3) is 1.88. The summed E-state index contributed by atoms with van der Waals surface area (Å²) in [4.78, 5) is 8.49. The van der Waals surface area contributed by atoms with Crippen molar-refractivity contribution in [3.63, 3.8) is 0 Å². The number of nitrogens with one attached hydrogen (secondary N) is 1. The molecule has 0 spiro atoms. The molecule has 1 aromatic heterocycles. The van der Waals surface area contributed by atoms with Crippen LogP contribution in [0.25, 0.3) is 11.1 Å². The summed E-state index contributed by atoms with van der Waals surface area (Å²) in [6.07, 6.45) is 7.46. The van der Waals surface area contributed by atoms with Gasteiger partial charge in [-0.15, -0.1) is 0 Å². The molecule has 0 bridgehead atoms. The molecule has 0 atom stereocenters. The number of nitrogens with zero attached hydrogens (tertiary/aromatic N) is 2. The van der Waals surface area contributed by atoms with Crippen LogP contribution in [0.3, 0.4) is 0 Å². The summed E-state index contributed by atoms with van der Waals surface area (Å²) in [5, 5.41) is 2.93. The number of aromatic nitrogens is 2. The first kappa shape index (κ1) is 10.3. The highest BCUT2D eigenvalue weighted by atomic mass is 15.1. The Morgan fingerprint density at radius 3 is 2.53 bits per heavy atom. The van der Waals surface area contributed by atoms with Gasteiger partial charge in [-0.1, -0.05) is 18.2 Å². The fourth-order valence-corrected chi connectivity index (χ4v) is 2.36. The van der Waals surface area contributed by atoms with E-state index < -0.39 is 0 Å². The summed E-state index contributed by atoms with van der Waals surface area (Å²) in [5.41, 5.74) is 5.29. The van der Waals surface area contributed by atoms with Crippen LogP contribution in [0.2, 0.25) is 0 Å². The van der Waals surface area contributed by atoms with E-state index in [2.05, 4.69) is 33.5 Å². The highest BCUT2D eigenvalue weighted by Crippen LogP contribution is 2.27. The lowest BCUT2D eigenvalue weighted by Crippen LogP contribution is -1.95. The van der Waals surface area contributed by atoms with Crippen LogP contribution in [0, 0.1) is 0 Å². The Balaban J connectivity index is 1.97. The van der Waals surface area contributed by atoms with Crippen molar-refractivity contribution in [2.24, 2.45) is 0 Å². The fourth-order valence-electron chi connectivity index (χ4n) is 2.36. The molecule has 0 aliphatic heterocycles. The standard InChI is InChI=1S/C14H15N3/c1-15-14-16-8-13(9-17-14)12-6-5-10-3-2-4-11(10)7-12/h5-9H,2-4H2,1H3,(H,15,16,17). The van der Waals surface area contributed by atoms with Gasteiger partial charge in [0.05, 0.1) is 0 Å². The van der Waals surface area contributed by atoms with Crippen LogP contribution in [0.5, 0.6) is 0 Å². The van der Waals surface area contributed by atoms with Crippen LogP contribution >= 0.6 is 0 Å². The molecule has 3 heteroatoms. The Labute approximate surface area is 101 Å². The predicted molar refractivity (Wildman–Crippen MR) is 69.0 cm³/mol. The molecule has 1 aliphatic rings. The molecular formula is C14H15N3. The molecule has 86 valence electrons. The number of benzene rings is 1. The third-order valence-corrected chi connectivity index (χ3v) is 3.31. The van der Waals surface area contributed by atoms with E-state index in [0.717, 1.165) is 5.56 Å². The molecule has 0 amide bonds. The average Bonchev–Trinajstić information content (AvgIpc) is 2.86. The lowest BCUT2D eigenvalue weighted by Gasteiger charge is -2.05. The summed E-state index contributed by atoms with van der Waals surface area (Å²) >= 11 is 0. The summed E-state index contributed by atoms with van der Waals surface area (Å²) in [6, 6.07) is 6.69. The average molecular weight is 225 g/mol.